The Hall–Kier alpha value is -2.83. The molecule has 0 saturated heterocycles. The van der Waals surface area contributed by atoms with Gasteiger partial charge in [-0.05, 0) is 18.6 Å². The summed E-state index contributed by atoms with van der Waals surface area (Å²) in [7, 11) is 1.51. The molecule has 116 valence electrons. The Labute approximate surface area is 126 Å². The molecule has 2 amide bonds. The van der Waals surface area contributed by atoms with Gasteiger partial charge >= 0.3 is 0 Å². The molecule has 0 aliphatic heterocycles. The van der Waals surface area contributed by atoms with Gasteiger partial charge in [0, 0.05) is 18.9 Å². The zero-order chi connectivity index (χ0) is 16.3. The minimum atomic E-state index is -0.853. The molecule has 2 rings (SSSR count). The van der Waals surface area contributed by atoms with Crippen LogP contribution in [0, 0.1) is 0 Å². The number of fused-ring (bicyclic) bond motifs is 1. The lowest BCUT2D eigenvalue weighted by atomic mass is 10.1. The maximum atomic E-state index is 12.2. The van der Waals surface area contributed by atoms with E-state index in [-0.39, 0.29) is 12.3 Å². The molecule has 0 fully saturated rings. The lowest BCUT2D eigenvalue weighted by Crippen LogP contribution is -2.43. The number of hydrazine groups is 1. The van der Waals surface area contributed by atoms with Crippen LogP contribution < -0.4 is 16.4 Å². The van der Waals surface area contributed by atoms with Crippen molar-refractivity contribution in [3.63, 3.8) is 0 Å². The first kappa shape index (κ1) is 15.6. The van der Waals surface area contributed by atoms with E-state index in [1.54, 1.807) is 24.3 Å². The van der Waals surface area contributed by atoms with Crippen LogP contribution in [-0.4, -0.2) is 21.5 Å². The van der Waals surface area contributed by atoms with Gasteiger partial charge in [-0.1, -0.05) is 19.1 Å². The molecule has 7 heteroatoms. The lowest BCUT2D eigenvalue weighted by molar-refractivity contribution is -0.121. The number of nitrogens with zero attached hydrogens (tertiary/aromatic N) is 1. The van der Waals surface area contributed by atoms with Crippen molar-refractivity contribution in [1.29, 1.82) is 0 Å². The van der Waals surface area contributed by atoms with Gasteiger partial charge in [0.2, 0.25) is 5.91 Å². The monoisotopic (exact) mass is 303 g/mol. The number of rotatable bonds is 3. The lowest BCUT2D eigenvalue weighted by Gasteiger charge is -2.12. The SMILES string of the molecule is CCCC(=O)NNC(=O)c1c(O)c2ccccc2n(C)c1=O. The van der Waals surface area contributed by atoms with E-state index in [9.17, 15) is 19.5 Å². The smallest absolute Gasteiger partial charge is 0.279 e. The number of carbonyl (C=O) groups excluding carboxylic acids is 2. The number of hydrogen-bond donors (Lipinski definition) is 3. The van der Waals surface area contributed by atoms with Crippen LogP contribution in [-0.2, 0) is 11.8 Å². The van der Waals surface area contributed by atoms with E-state index in [1.807, 2.05) is 6.92 Å². The summed E-state index contributed by atoms with van der Waals surface area (Å²) in [5, 5.41) is 10.6. The Morgan fingerprint density at radius 3 is 2.59 bits per heavy atom. The number of pyridine rings is 1. The summed E-state index contributed by atoms with van der Waals surface area (Å²) in [6, 6.07) is 6.70. The molecule has 0 aliphatic rings. The quantitative estimate of drug-likeness (QED) is 0.730. The molecule has 1 aromatic heterocycles. The van der Waals surface area contributed by atoms with Gasteiger partial charge in [-0.25, -0.2) is 0 Å². The van der Waals surface area contributed by atoms with Gasteiger partial charge in [-0.15, -0.1) is 0 Å². The van der Waals surface area contributed by atoms with Gasteiger partial charge in [0.15, 0.2) is 0 Å². The second-order valence-corrected chi connectivity index (χ2v) is 4.86. The van der Waals surface area contributed by atoms with Gasteiger partial charge in [0.1, 0.15) is 11.3 Å². The van der Waals surface area contributed by atoms with Crippen molar-refractivity contribution >= 4 is 22.7 Å². The van der Waals surface area contributed by atoms with E-state index in [0.717, 1.165) is 0 Å². The first-order chi connectivity index (χ1) is 10.5. The average molecular weight is 303 g/mol. The van der Waals surface area contributed by atoms with Crippen molar-refractivity contribution in [3.8, 4) is 5.75 Å². The Morgan fingerprint density at radius 2 is 1.91 bits per heavy atom. The van der Waals surface area contributed by atoms with Crippen LogP contribution in [0.3, 0.4) is 0 Å². The largest absolute Gasteiger partial charge is 0.506 e. The standard InChI is InChI=1S/C15H17N3O4/c1-3-6-11(19)16-17-14(21)12-13(20)9-7-4-5-8-10(9)18(2)15(12)22/h4-5,7-8,20H,3,6H2,1-2H3,(H,16,19)(H,17,21). The predicted molar refractivity (Wildman–Crippen MR) is 81.4 cm³/mol. The number of nitrogens with one attached hydrogen (secondary N) is 2. The molecule has 0 spiro atoms. The fourth-order valence-corrected chi connectivity index (χ4v) is 2.16. The van der Waals surface area contributed by atoms with E-state index in [0.29, 0.717) is 17.3 Å². The minimum Gasteiger partial charge on any atom is -0.506 e. The third-order valence-corrected chi connectivity index (χ3v) is 3.30. The summed E-state index contributed by atoms with van der Waals surface area (Å²) in [6.07, 6.45) is 0.882. The van der Waals surface area contributed by atoms with Crippen LogP contribution in [0.4, 0.5) is 0 Å². The maximum Gasteiger partial charge on any atom is 0.279 e. The van der Waals surface area contributed by atoms with Crippen molar-refractivity contribution in [2.45, 2.75) is 19.8 Å². The van der Waals surface area contributed by atoms with Crippen LogP contribution in [0.15, 0.2) is 29.1 Å². The third-order valence-electron chi connectivity index (χ3n) is 3.30. The summed E-state index contributed by atoms with van der Waals surface area (Å²) < 4.78 is 1.28. The molecule has 7 nitrogen and oxygen atoms in total. The van der Waals surface area contributed by atoms with Gasteiger partial charge < -0.3 is 9.67 Å². The van der Waals surface area contributed by atoms with E-state index in [1.165, 1.54) is 11.6 Å². The molecule has 1 aromatic carbocycles. The van der Waals surface area contributed by atoms with Crippen LogP contribution in [0.2, 0.25) is 0 Å². The van der Waals surface area contributed by atoms with Crippen molar-refractivity contribution in [1.82, 2.24) is 15.4 Å². The Bertz CT molecular complexity index is 795. The Balaban J connectivity index is 2.41. The minimum absolute atomic E-state index is 0.252. The summed E-state index contributed by atoms with van der Waals surface area (Å²) in [6.45, 7) is 1.83. The average Bonchev–Trinajstić information content (AvgIpc) is 2.51. The van der Waals surface area contributed by atoms with Gasteiger partial charge in [0.25, 0.3) is 11.5 Å². The first-order valence-electron chi connectivity index (χ1n) is 6.87. The molecule has 0 aliphatic carbocycles. The number of para-hydroxylation sites is 1. The van der Waals surface area contributed by atoms with Crippen molar-refractivity contribution in [3.05, 3.63) is 40.2 Å². The molecular weight excluding hydrogens is 286 g/mol. The normalized spacial score (nSPS) is 10.5. The maximum absolute atomic E-state index is 12.2. The number of aryl methyl sites for hydroxylation is 1. The van der Waals surface area contributed by atoms with E-state index in [4.69, 9.17) is 0 Å². The zero-order valence-electron chi connectivity index (χ0n) is 12.3. The fourth-order valence-electron chi connectivity index (χ4n) is 2.16. The molecule has 3 N–H and O–H groups in total. The highest BCUT2D eigenvalue weighted by Gasteiger charge is 2.21. The number of amides is 2. The summed E-state index contributed by atoms with van der Waals surface area (Å²) in [4.78, 5) is 35.7. The van der Waals surface area contributed by atoms with Crippen LogP contribution in [0.1, 0.15) is 30.1 Å². The van der Waals surface area contributed by atoms with Crippen LogP contribution >= 0.6 is 0 Å². The molecule has 22 heavy (non-hydrogen) atoms. The Kier molecular flexibility index (Phi) is 4.45. The van der Waals surface area contributed by atoms with Gasteiger partial charge in [0.05, 0.1) is 5.52 Å². The van der Waals surface area contributed by atoms with Crippen LogP contribution in [0.5, 0.6) is 5.75 Å². The number of hydrogen-bond acceptors (Lipinski definition) is 4. The van der Waals surface area contributed by atoms with E-state index in [2.05, 4.69) is 10.9 Å². The van der Waals surface area contributed by atoms with E-state index >= 15 is 0 Å². The first-order valence-corrected chi connectivity index (χ1v) is 6.87. The summed E-state index contributed by atoms with van der Waals surface area (Å²) in [5.41, 5.74) is 3.82. The molecule has 2 aromatic rings. The van der Waals surface area contributed by atoms with Gasteiger partial charge in [-0.3, -0.25) is 25.2 Å². The number of aromatic hydroxyl groups is 1. The molecule has 1 heterocycles. The summed E-state index contributed by atoms with van der Waals surface area (Å²) >= 11 is 0. The Morgan fingerprint density at radius 1 is 1.23 bits per heavy atom. The highest BCUT2D eigenvalue weighted by Crippen LogP contribution is 2.25. The van der Waals surface area contributed by atoms with E-state index < -0.39 is 22.8 Å². The molecule has 0 bridgehead atoms. The molecule has 0 unspecified atom stereocenters. The predicted octanol–water partition coefficient (Wildman–Crippen LogP) is 0.805. The fraction of sp³-hybridized carbons (Fsp3) is 0.267. The van der Waals surface area contributed by atoms with Crippen molar-refractivity contribution in [2.75, 3.05) is 0 Å². The highest BCUT2D eigenvalue weighted by molar-refractivity contribution is 6.02. The topological polar surface area (TPSA) is 100 Å². The summed E-state index contributed by atoms with van der Waals surface area (Å²) in [5.74, 6) is -1.62. The third kappa shape index (κ3) is 2.78. The molecule has 0 saturated carbocycles. The van der Waals surface area contributed by atoms with Crippen LogP contribution in [0.25, 0.3) is 10.9 Å². The number of carbonyl (C=O) groups is 2. The van der Waals surface area contributed by atoms with Crippen molar-refractivity contribution < 1.29 is 14.7 Å². The highest BCUT2D eigenvalue weighted by atomic mass is 16.3. The molecule has 0 atom stereocenters. The number of aromatic nitrogens is 1. The second kappa shape index (κ2) is 6.30. The molecule has 0 radical (unpaired) electrons. The van der Waals surface area contributed by atoms with Gasteiger partial charge in [-0.2, -0.15) is 0 Å². The number of benzene rings is 1. The molecular formula is C15H17N3O4. The van der Waals surface area contributed by atoms with Crippen molar-refractivity contribution in [2.24, 2.45) is 7.05 Å². The zero-order valence-corrected chi connectivity index (χ0v) is 12.3. The second-order valence-electron chi connectivity index (χ2n) is 4.86.